The lowest BCUT2D eigenvalue weighted by molar-refractivity contribution is 0.630. The van der Waals surface area contributed by atoms with Crippen molar-refractivity contribution in [1.82, 2.24) is 15.2 Å². The quantitative estimate of drug-likeness (QED) is 0.786. The van der Waals surface area contributed by atoms with E-state index in [0.29, 0.717) is 6.54 Å². The van der Waals surface area contributed by atoms with Crippen LogP contribution in [0.25, 0.3) is 10.2 Å². The number of thiazole rings is 1. The first-order valence-corrected chi connectivity index (χ1v) is 6.19. The van der Waals surface area contributed by atoms with E-state index in [2.05, 4.69) is 20.5 Å². The van der Waals surface area contributed by atoms with Crippen LogP contribution in [0.5, 0.6) is 0 Å². The van der Waals surface area contributed by atoms with Gasteiger partial charge >= 0.3 is 0 Å². The normalized spacial score (nSPS) is 10.7. The minimum atomic E-state index is -0.244. The average molecular weight is 260 g/mol. The van der Waals surface area contributed by atoms with Gasteiger partial charge in [0, 0.05) is 6.20 Å². The SMILES string of the molecule is Fc1ccc2nc(NCc3cccnn3)sc2c1. The molecule has 1 N–H and O–H groups in total. The first kappa shape index (κ1) is 11.0. The van der Waals surface area contributed by atoms with E-state index >= 15 is 0 Å². The Kier molecular flexibility index (Phi) is 2.85. The molecule has 18 heavy (non-hydrogen) atoms. The van der Waals surface area contributed by atoms with Crippen LogP contribution in [0.15, 0.2) is 36.5 Å². The summed E-state index contributed by atoms with van der Waals surface area (Å²) in [6, 6.07) is 8.29. The van der Waals surface area contributed by atoms with Gasteiger partial charge in [-0.15, -0.1) is 0 Å². The molecular weight excluding hydrogens is 251 g/mol. The molecule has 4 nitrogen and oxygen atoms in total. The van der Waals surface area contributed by atoms with Crippen molar-refractivity contribution in [2.45, 2.75) is 6.54 Å². The molecule has 3 rings (SSSR count). The summed E-state index contributed by atoms with van der Waals surface area (Å²) >= 11 is 1.42. The molecule has 0 atom stereocenters. The number of nitrogens with one attached hydrogen (secondary N) is 1. The molecule has 0 saturated carbocycles. The molecule has 0 aliphatic carbocycles. The van der Waals surface area contributed by atoms with Gasteiger partial charge in [-0.3, -0.25) is 0 Å². The number of anilines is 1. The van der Waals surface area contributed by atoms with E-state index in [0.717, 1.165) is 21.0 Å². The fraction of sp³-hybridized carbons (Fsp3) is 0.0833. The molecule has 2 heterocycles. The third-order valence-corrected chi connectivity index (χ3v) is 3.37. The highest BCUT2D eigenvalue weighted by Crippen LogP contribution is 2.26. The monoisotopic (exact) mass is 260 g/mol. The fourth-order valence-corrected chi connectivity index (χ4v) is 2.45. The van der Waals surface area contributed by atoms with E-state index in [9.17, 15) is 4.39 Å². The predicted octanol–water partition coefficient (Wildman–Crippen LogP) is 2.84. The smallest absolute Gasteiger partial charge is 0.184 e. The highest BCUT2D eigenvalue weighted by atomic mass is 32.1. The van der Waals surface area contributed by atoms with Crippen LogP contribution in [0.2, 0.25) is 0 Å². The molecular formula is C12H9FN4S. The standard InChI is InChI=1S/C12H9FN4S/c13-8-3-4-10-11(6-8)18-12(16-10)14-7-9-2-1-5-15-17-9/h1-6H,7H2,(H,14,16). The third kappa shape index (κ3) is 2.28. The summed E-state index contributed by atoms with van der Waals surface area (Å²) in [6.45, 7) is 0.552. The van der Waals surface area contributed by atoms with Crippen molar-refractivity contribution < 1.29 is 4.39 Å². The Morgan fingerprint density at radius 3 is 3.06 bits per heavy atom. The van der Waals surface area contributed by atoms with Crippen LogP contribution in [0.3, 0.4) is 0 Å². The second kappa shape index (κ2) is 4.66. The number of hydrogen-bond donors (Lipinski definition) is 1. The van der Waals surface area contributed by atoms with Gasteiger partial charge in [-0.05, 0) is 30.3 Å². The average Bonchev–Trinajstić information content (AvgIpc) is 2.79. The summed E-state index contributed by atoms with van der Waals surface area (Å²) in [5.74, 6) is -0.244. The zero-order valence-electron chi connectivity index (χ0n) is 9.30. The fourth-order valence-electron chi connectivity index (χ4n) is 1.57. The molecule has 0 unspecified atom stereocenters. The summed E-state index contributed by atoms with van der Waals surface area (Å²) in [6.07, 6.45) is 1.63. The van der Waals surface area contributed by atoms with Gasteiger partial charge in [0.05, 0.1) is 22.5 Å². The first-order chi connectivity index (χ1) is 8.81. The van der Waals surface area contributed by atoms with Gasteiger partial charge in [0.2, 0.25) is 0 Å². The third-order valence-electron chi connectivity index (χ3n) is 2.40. The van der Waals surface area contributed by atoms with Crippen molar-refractivity contribution in [2.75, 3.05) is 5.32 Å². The summed E-state index contributed by atoms with van der Waals surface area (Å²) in [4.78, 5) is 4.36. The van der Waals surface area contributed by atoms with Gasteiger partial charge < -0.3 is 5.32 Å². The van der Waals surface area contributed by atoms with Crippen molar-refractivity contribution in [3.05, 3.63) is 48.0 Å². The molecule has 0 aliphatic rings. The Morgan fingerprint density at radius 1 is 1.28 bits per heavy atom. The summed E-state index contributed by atoms with van der Waals surface area (Å²) in [5.41, 5.74) is 1.63. The lowest BCUT2D eigenvalue weighted by Gasteiger charge is -1.99. The highest BCUT2D eigenvalue weighted by molar-refractivity contribution is 7.22. The molecule has 0 radical (unpaired) electrons. The number of rotatable bonds is 3. The van der Waals surface area contributed by atoms with E-state index in [-0.39, 0.29) is 5.82 Å². The predicted molar refractivity (Wildman–Crippen MR) is 68.9 cm³/mol. The van der Waals surface area contributed by atoms with E-state index in [4.69, 9.17) is 0 Å². The van der Waals surface area contributed by atoms with Crippen LogP contribution >= 0.6 is 11.3 Å². The number of fused-ring (bicyclic) bond motifs is 1. The molecule has 3 aromatic rings. The van der Waals surface area contributed by atoms with Crippen LogP contribution in [0.1, 0.15) is 5.69 Å². The Hall–Kier alpha value is -2.08. The van der Waals surface area contributed by atoms with Crippen LogP contribution in [-0.4, -0.2) is 15.2 Å². The molecule has 0 fully saturated rings. The molecule has 90 valence electrons. The summed E-state index contributed by atoms with van der Waals surface area (Å²) in [5, 5.41) is 11.7. The van der Waals surface area contributed by atoms with Crippen molar-refractivity contribution in [3.8, 4) is 0 Å². The van der Waals surface area contributed by atoms with Crippen LogP contribution < -0.4 is 5.32 Å². The van der Waals surface area contributed by atoms with Crippen molar-refractivity contribution >= 4 is 26.7 Å². The number of aromatic nitrogens is 3. The van der Waals surface area contributed by atoms with Crippen molar-refractivity contribution in [1.29, 1.82) is 0 Å². The van der Waals surface area contributed by atoms with Gasteiger partial charge in [-0.2, -0.15) is 10.2 Å². The first-order valence-electron chi connectivity index (χ1n) is 5.38. The van der Waals surface area contributed by atoms with Crippen molar-refractivity contribution in [2.24, 2.45) is 0 Å². The minimum absolute atomic E-state index is 0.244. The summed E-state index contributed by atoms with van der Waals surface area (Å²) < 4.78 is 13.9. The molecule has 0 bridgehead atoms. The van der Waals surface area contributed by atoms with Gasteiger partial charge in [0.15, 0.2) is 5.13 Å². The van der Waals surface area contributed by atoms with E-state index in [1.165, 1.54) is 23.5 Å². The Labute approximate surface area is 107 Å². The van der Waals surface area contributed by atoms with E-state index in [1.54, 1.807) is 12.3 Å². The maximum absolute atomic E-state index is 13.0. The van der Waals surface area contributed by atoms with Crippen LogP contribution in [0.4, 0.5) is 9.52 Å². The molecule has 1 aromatic carbocycles. The number of nitrogens with zero attached hydrogens (tertiary/aromatic N) is 3. The molecule has 6 heteroatoms. The zero-order chi connectivity index (χ0) is 12.4. The second-order valence-electron chi connectivity index (χ2n) is 3.70. The van der Waals surface area contributed by atoms with Gasteiger partial charge in [0.1, 0.15) is 5.82 Å². The maximum atomic E-state index is 13.0. The lowest BCUT2D eigenvalue weighted by atomic mass is 10.3. The topological polar surface area (TPSA) is 50.7 Å². The summed E-state index contributed by atoms with van der Waals surface area (Å²) in [7, 11) is 0. The van der Waals surface area contributed by atoms with Gasteiger partial charge in [0.25, 0.3) is 0 Å². The Morgan fingerprint density at radius 2 is 2.22 bits per heavy atom. The number of benzene rings is 1. The molecule has 2 aromatic heterocycles. The van der Waals surface area contributed by atoms with Gasteiger partial charge in [-0.25, -0.2) is 9.37 Å². The molecule has 0 aliphatic heterocycles. The van der Waals surface area contributed by atoms with E-state index < -0.39 is 0 Å². The molecule has 0 amide bonds. The zero-order valence-corrected chi connectivity index (χ0v) is 10.1. The maximum Gasteiger partial charge on any atom is 0.184 e. The van der Waals surface area contributed by atoms with E-state index in [1.807, 2.05) is 12.1 Å². The van der Waals surface area contributed by atoms with Crippen LogP contribution in [-0.2, 0) is 6.54 Å². The highest BCUT2D eigenvalue weighted by Gasteiger charge is 2.04. The Balaban J connectivity index is 1.79. The molecule has 0 saturated heterocycles. The Bertz CT molecular complexity index is 668. The van der Waals surface area contributed by atoms with Crippen molar-refractivity contribution in [3.63, 3.8) is 0 Å². The lowest BCUT2D eigenvalue weighted by Crippen LogP contribution is -2.01. The number of halogens is 1. The second-order valence-corrected chi connectivity index (χ2v) is 4.73. The van der Waals surface area contributed by atoms with Gasteiger partial charge in [-0.1, -0.05) is 11.3 Å². The molecule has 0 spiro atoms. The minimum Gasteiger partial charge on any atom is -0.356 e. The largest absolute Gasteiger partial charge is 0.356 e. The van der Waals surface area contributed by atoms with Crippen LogP contribution in [0, 0.1) is 5.82 Å². The number of hydrogen-bond acceptors (Lipinski definition) is 5.